The lowest BCUT2D eigenvalue weighted by atomic mass is 9.91. The zero-order chi connectivity index (χ0) is 14.8. The standard InChI is InChI=1S/C13H16F3N3O/c14-13(15,16)9-4-5-11(18-8-9)12(20)19(7-6-17)10-2-1-3-10/h4-5,8,10H,1-3,6-7,17H2. The van der Waals surface area contributed by atoms with Crippen molar-refractivity contribution in [3.63, 3.8) is 0 Å². The van der Waals surface area contributed by atoms with Crippen LogP contribution in [0.5, 0.6) is 0 Å². The van der Waals surface area contributed by atoms with Crippen LogP contribution in [0.25, 0.3) is 0 Å². The van der Waals surface area contributed by atoms with Crippen molar-refractivity contribution in [2.24, 2.45) is 5.73 Å². The summed E-state index contributed by atoms with van der Waals surface area (Å²) in [7, 11) is 0. The molecular formula is C13H16F3N3O. The summed E-state index contributed by atoms with van der Waals surface area (Å²) in [5.74, 6) is -0.353. The number of hydrogen-bond donors (Lipinski definition) is 1. The molecule has 0 spiro atoms. The summed E-state index contributed by atoms with van der Waals surface area (Å²) in [5.41, 5.74) is 4.65. The van der Waals surface area contributed by atoms with E-state index < -0.39 is 11.7 Å². The summed E-state index contributed by atoms with van der Waals surface area (Å²) in [6.45, 7) is 0.717. The second kappa shape index (κ2) is 5.78. The molecule has 1 saturated carbocycles. The van der Waals surface area contributed by atoms with Crippen molar-refractivity contribution in [1.29, 1.82) is 0 Å². The van der Waals surface area contributed by atoms with Gasteiger partial charge in [0.05, 0.1) is 5.56 Å². The minimum absolute atomic E-state index is 0.0262. The second-order valence-corrected chi connectivity index (χ2v) is 4.80. The molecule has 1 aliphatic carbocycles. The first-order chi connectivity index (χ1) is 9.43. The summed E-state index contributed by atoms with van der Waals surface area (Å²) in [6, 6.07) is 2.13. The quantitative estimate of drug-likeness (QED) is 0.922. The number of alkyl halides is 3. The number of amides is 1. The number of nitrogens with two attached hydrogens (primary N) is 1. The van der Waals surface area contributed by atoms with Crippen molar-refractivity contribution in [3.8, 4) is 0 Å². The summed E-state index contributed by atoms with van der Waals surface area (Å²) in [6.07, 6.45) is -0.883. The van der Waals surface area contributed by atoms with E-state index >= 15 is 0 Å². The highest BCUT2D eigenvalue weighted by Crippen LogP contribution is 2.29. The van der Waals surface area contributed by atoms with Crippen LogP contribution in [-0.4, -0.2) is 34.9 Å². The molecule has 0 bridgehead atoms. The molecule has 1 aromatic heterocycles. The Morgan fingerprint density at radius 3 is 2.50 bits per heavy atom. The van der Waals surface area contributed by atoms with Gasteiger partial charge >= 0.3 is 6.18 Å². The Kier molecular flexibility index (Phi) is 4.27. The van der Waals surface area contributed by atoms with Crippen molar-refractivity contribution in [1.82, 2.24) is 9.88 Å². The van der Waals surface area contributed by atoms with E-state index in [0.717, 1.165) is 31.4 Å². The number of aromatic nitrogens is 1. The highest BCUT2D eigenvalue weighted by Gasteiger charge is 2.32. The number of carbonyl (C=O) groups excluding carboxylic acids is 1. The van der Waals surface area contributed by atoms with E-state index in [9.17, 15) is 18.0 Å². The second-order valence-electron chi connectivity index (χ2n) is 4.80. The van der Waals surface area contributed by atoms with Crippen molar-refractivity contribution in [2.45, 2.75) is 31.5 Å². The normalized spacial score (nSPS) is 15.8. The lowest BCUT2D eigenvalue weighted by molar-refractivity contribution is -0.137. The van der Waals surface area contributed by atoms with Crippen LogP contribution < -0.4 is 5.73 Å². The van der Waals surface area contributed by atoms with Gasteiger partial charge in [0, 0.05) is 25.3 Å². The van der Waals surface area contributed by atoms with E-state index in [2.05, 4.69) is 4.98 Å². The third-order valence-corrected chi connectivity index (χ3v) is 3.46. The number of halogens is 3. The molecule has 0 atom stereocenters. The Labute approximate surface area is 114 Å². The first-order valence-electron chi connectivity index (χ1n) is 6.48. The molecule has 0 radical (unpaired) electrons. The topological polar surface area (TPSA) is 59.2 Å². The molecule has 1 amide bonds. The Bertz CT molecular complexity index is 469. The predicted octanol–water partition coefficient (Wildman–Crippen LogP) is 2.05. The molecule has 1 heterocycles. The highest BCUT2D eigenvalue weighted by atomic mass is 19.4. The van der Waals surface area contributed by atoms with E-state index in [4.69, 9.17) is 5.73 Å². The minimum Gasteiger partial charge on any atom is -0.333 e. The van der Waals surface area contributed by atoms with Crippen LogP contribution in [0.4, 0.5) is 13.2 Å². The molecule has 1 aliphatic rings. The number of hydrogen-bond acceptors (Lipinski definition) is 3. The zero-order valence-electron chi connectivity index (χ0n) is 10.9. The molecule has 0 aromatic carbocycles. The molecule has 4 nitrogen and oxygen atoms in total. The predicted molar refractivity (Wildman–Crippen MR) is 67.0 cm³/mol. The van der Waals surface area contributed by atoms with Crippen molar-refractivity contribution >= 4 is 5.91 Å². The molecular weight excluding hydrogens is 271 g/mol. The Balaban J connectivity index is 2.14. The summed E-state index contributed by atoms with van der Waals surface area (Å²) >= 11 is 0. The first-order valence-corrected chi connectivity index (χ1v) is 6.48. The molecule has 0 aliphatic heterocycles. The van der Waals surface area contributed by atoms with Crippen LogP contribution in [0.1, 0.15) is 35.3 Å². The van der Waals surface area contributed by atoms with Gasteiger partial charge < -0.3 is 10.6 Å². The average Bonchev–Trinajstić information content (AvgIpc) is 2.34. The van der Waals surface area contributed by atoms with Crippen LogP contribution in [0.2, 0.25) is 0 Å². The van der Waals surface area contributed by atoms with Gasteiger partial charge in [-0.15, -0.1) is 0 Å². The molecule has 20 heavy (non-hydrogen) atoms. The molecule has 7 heteroatoms. The van der Waals surface area contributed by atoms with Crippen LogP contribution in [0.15, 0.2) is 18.3 Å². The SMILES string of the molecule is NCCN(C(=O)c1ccc(C(F)(F)F)cn1)C1CCC1. The Hall–Kier alpha value is -1.63. The van der Waals surface area contributed by atoms with Crippen LogP contribution in [0.3, 0.4) is 0 Å². The zero-order valence-corrected chi connectivity index (χ0v) is 10.9. The van der Waals surface area contributed by atoms with E-state index in [0.29, 0.717) is 19.3 Å². The minimum atomic E-state index is -4.44. The van der Waals surface area contributed by atoms with Gasteiger partial charge in [-0.1, -0.05) is 0 Å². The largest absolute Gasteiger partial charge is 0.417 e. The maximum Gasteiger partial charge on any atom is 0.417 e. The van der Waals surface area contributed by atoms with Gasteiger partial charge in [0.15, 0.2) is 0 Å². The fourth-order valence-corrected chi connectivity index (χ4v) is 2.12. The summed E-state index contributed by atoms with van der Waals surface area (Å²) < 4.78 is 37.3. The maximum absolute atomic E-state index is 12.4. The number of nitrogens with zero attached hydrogens (tertiary/aromatic N) is 2. The van der Waals surface area contributed by atoms with Gasteiger partial charge in [-0.3, -0.25) is 9.78 Å². The maximum atomic E-state index is 12.4. The third-order valence-electron chi connectivity index (χ3n) is 3.46. The lowest BCUT2D eigenvalue weighted by Gasteiger charge is -2.37. The summed E-state index contributed by atoms with van der Waals surface area (Å²) in [4.78, 5) is 17.5. The Morgan fingerprint density at radius 1 is 1.40 bits per heavy atom. The van der Waals surface area contributed by atoms with Crippen LogP contribution >= 0.6 is 0 Å². The van der Waals surface area contributed by atoms with Gasteiger partial charge in [-0.05, 0) is 31.4 Å². The number of rotatable bonds is 4. The number of carbonyl (C=O) groups is 1. The first kappa shape index (κ1) is 14.8. The monoisotopic (exact) mass is 287 g/mol. The van der Waals surface area contributed by atoms with Crippen molar-refractivity contribution < 1.29 is 18.0 Å². The summed E-state index contributed by atoms with van der Waals surface area (Å²) in [5, 5.41) is 0. The molecule has 1 fully saturated rings. The van der Waals surface area contributed by atoms with Gasteiger partial charge in [-0.25, -0.2) is 0 Å². The number of pyridine rings is 1. The van der Waals surface area contributed by atoms with Gasteiger partial charge in [0.1, 0.15) is 5.69 Å². The smallest absolute Gasteiger partial charge is 0.333 e. The van der Waals surface area contributed by atoms with Crippen molar-refractivity contribution in [3.05, 3.63) is 29.6 Å². The van der Waals surface area contributed by atoms with Crippen LogP contribution in [-0.2, 0) is 6.18 Å². The van der Waals surface area contributed by atoms with E-state index in [-0.39, 0.29) is 17.6 Å². The van der Waals surface area contributed by atoms with E-state index in [1.54, 1.807) is 4.90 Å². The molecule has 110 valence electrons. The van der Waals surface area contributed by atoms with Crippen molar-refractivity contribution in [2.75, 3.05) is 13.1 Å². The fraction of sp³-hybridized carbons (Fsp3) is 0.538. The third kappa shape index (κ3) is 3.09. The Morgan fingerprint density at radius 2 is 2.10 bits per heavy atom. The molecule has 1 aromatic rings. The molecule has 2 N–H and O–H groups in total. The average molecular weight is 287 g/mol. The van der Waals surface area contributed by atoms with Gasteiger partial charge in [-0.2, -0.15) is 13.2 Å². The fourth-order valence-electron chi connectivity index (χ4n) is 2.12. The molecule has 0 saturated heterocycles. The van der Waals surface area contributed by atoms with E-state index in [1.807, 2.05) is 0 Å². The lowest BCUT2D eigenvalue weighted by Crippen LogP contribution is -2.46. The molecule has 2 rings (SSSR count). The molecule has 0 unspecified atom stereocenters. The van der Waals surface area contributed by atoms with E-state index in [1.165, 1.54) is 0 Å². The van der Waals surface area contributed by atoms with Crippen LogP contribution in [0, 0.1) is 0 Å². The highest BCUT2D eigenvalue weighted by molar-refractivity contribution is 5.92. The van der Waals surface area contributed by atoms with Gasteiger partial charge in [0.2, 0.25) is 0 Å². The van der Waals surface area contributed by atoms with Gasteiger partial charge in [0.25, 0.3) is 5.91 Å².